The molecule has 0 amide bonds. The predicted molar refractivity (Wildman–Crippen MR) is 47.4 cm³/mol. The van der Waals surface area contributed by atoms with Gasteiger partial charge in [0.1, 0.15) is 0 Å². The summed E-state index contributed by atoms with van der Waals surface area (Å²) in [7, 11) is 0. The Hall–Kier alpha value is -0.0400. The second-order valence-electron chi connectivity index (χ2n) is 3.80. The fourth-order valence-corrected chi connectivity index (χ4v) is 1.46. The van der Waals surface area contributed by atoms with Crippen LogP contribution in [0.5, 0.6) is 0 Å². The monoisotopic (exact) mass is 155 g/mol. The Bertz CT molecular complexity index is 105. The zero-order chi connectivity index (χ0) is 8.16. The third kappa shape index (κ3) is 2.82. The first kappa shape index (κ1) is 9.05. The Morgan fingerprint density at radius 3 is 2.45 bits per heavy atom. The maximum absolute atomic E-state index is 5.13. The summed E-state index contributed by atoms with van der Waals surface area (Å²) in [4.78, 5) is 0. The second kappa shape index (κ2) is 4.10. The number of rotatable bonds is 5. The summed E-state index contributed by atoms with van der Waals surface area (Å²) in [5.41, 5.74) is 0.299. The van der Waals surface area contributed by atoms with Gasteiger partial charge in [-0.25, -0.2) is 0 Å². The molecular weight excluding hydrogens is 136 g/mol. The van der Waals surface area contributed by atoms with Gasteiger partial charge in [-0.05, 0) is 13.3 Å². The normalized spacial score (nSPS) is 21.3. The second-order valence-corrected chi connectivity index (χ2v) is 3.80. The number of ether oxygens (including phenoxy) is 1. The molecular formula is C10H19O. The van der Waals surface area contributed by atoms with Crippen LogP contribution in [-0.4, -0.2) is 13.2 Å². The van der Waals surface area contributed by atoms with Crippen molar-refractivity contribution in [1.82, 2.24) is 0 Å². The van der Waals surface area contributed by atoms with Crippen LogP contribution in [0.1, 0.15) is 39.0 Å². The van der Waals surface area contributed by atoms with Crippen molar-refractivity contribution in [2.75, 3.05) is 13.2 Å². The van der Waals surface area contributed by atoms with Crippen LogP contribution in [0.3, 0.4) is 0 Å². The third-order valence-electron chi connectivity index (χ3n) is 2.38. The van der Waals surface area contributed by atoms with Crippen LogP contribution in [0.2, 0.25) is 0 Å². The topological polar surface area (TPSA) is 9.23 Å². The van der Waals surface area contributed by atoms with Gasteiger partial charge in [0, 0.05) is 5.41 Å². The van der Waals surface area contributed by atoms with Crippen LogP contribution in [0.4, 0.5) is 0 Å². The summed E-state index contributed by atoms with van der Waals surface area (Å²) >= 11 is 0. The number of hydrogen-bond acceptors (Lipinski definition) is 1. The Balaban J connectivity index is 1.94. The van der Waals surface area contributed by atoms with Crippen LogP contribution in [0.25, 0.3) is 0 Å². The molecule has 65 valence electrons. The van der Waals surface area contributed by atoms with Crippen molar-refractivity contribution in [3.63, 3.8) is 0 Å². The SMILES string of the molecule is [CH2]C1(CCCCCC)COC1. The molecule has 0 unspecified atom stereocenters. The Labute approximate surface area is 70.1 Å². The number of unbranched alkanes of at least 4 members (excludes halogenated alkanes) is 3. The standard InChI is InChI=1S/C10H19O/c1-3-4-5-6-7-10(2)8-11-9-10/h2-9H2,1H3. The summed E-state index contributed by atoms with van der Waals surface area (Å²) in [6, 6.07) is 0. The van der Waals surface area contributed by atoms with E-state index in [1.807, 2.05) is 0 Å². The van der Waals surface area contributed by atoms with E-state index in [2.05, 4.69) is 13.8 Å². The summed E-state index contributed by atoms with van der Waals surface area (Å²) in [6.45, 7) is 8.17. The molecule has 1 heterocycles. The van der Waals surface area contributed by atoms with E-state index < -0.39 is 0 Å². The quantitative estimate of drug-likeness (QED) is 0.555. The average Bonchev–Trinajstić information content (AvgIpc) is 1.95. The Kier molecular flexibility index (Phi) is 3.38. The molecule has 0 N–H and O–H groups in total. The fraction of sp³-hybridized carbons (Fsp3) is 0.900. The molecule has 0 saturated carbocycles. The maximum Gasteiger partial charge on any atom is 0.0544 e. The lowest BCUT2D eigenvalue weighted by Crippen LogP contribution is -2.39. The molecule has 0 aliphatic carbocycles. The summed E-state index contributed by atoms with van der Waals surface area (Å²) in [6.07, 6.45) is 6.65. The van der Waals surface area contributed by atoms with E-state index in [0.717, 1.165) is 13.2 Å². The highest BCUT2D eigenvalue weighted by molar-refractivity contribution is 4.87. The summed E-state index contributed by atoms with van der Waals surface area (Å²) < 4.78 is 5.13. The van der Waals surface area contributed by atoms with Gasteiger partial charge in [0.2, 0.25) is 0 Å². The van der Waals surface area contributed by atoms with E-state index in [1.54, 1.807) is 0 Å². The minimum atomic E-state index is 0.299. The van der Waals surface area contributed by atoms with Crippen LogP contribution >= 0.6 is 0 Å². The van der Waals surface area contributed by atoms with Gasteiger partial charge in [0.15, 0.2) is 0 Å². The predicted octanol–water partition coefficient (Wildman–Crippen LogP) is 2.81. The van der Waals surface area contributed by atoms with E-state index >= 15 is 0 Å². The van der Waals surface area contributed by atoms with Gasteiger partial charge in [-0.2, -0.15) is 0 Å². The fourth-order valence-electron chi connectivity index (χ4n) is 1.46. The molecule has 1 radical (unpaired) electrons. The molecule has 1 heteroatoms. The van der Waals surface area contributed by atoms with Gasteiger partial charge in [0.05, 0.1) is 13.2 Å². The molecule has 1 fully saturated rings. The molecule has 0 aromatic rings. The van der Waals surface area contributed by atoms with Crippen LogP contribution in [0, 0.1) is 12.3 Å². The first-order valence-electron chi connectivity index (χ1n) is 4.70. The lowest BCUT2D eigenvalue weighted by molar-refractivity contribution is -0.0892. The minimum Gasteiger partial charge on any atom is -0.380 e. The molecule has 1 nitrogen and oxygen atoms in total. The van der Waals surface area contributed by atoms with Crippen molar-refractivity contribution in [3.8, 4) is 0 Å². The van der Waals surface area contributed by atoms with E-state index in [4.69, 9.17) is 4.74 Å². The van der Waals surface area contributed by atoms with Crippen molar-refractivity contribution < 1.29 is 4.74 Å². The van der Waals surface area contributed by atoms with E-state index in [-0.39, 0.29) is 0 Å². The smallest absolute Gasteiger partial charge is 0.0544 e. The highest BCUT2D eigenvalue weighted by atomic mass is 16.5. The molecule has 0 aromatic heterocycles. The highest BCUT2D eigenvalue weighted by Crippen LogP contribution is 2.31. The van der Waals surface area contributed by atoms with E-state index in [0.29, 0.717) is 5.41 Å². The van der Waals surface area contributed by atoms with Gasteiger partial charge in [-0.15, -0.1) is 0 Å². The third-order valence-corrected chi connectivity index (χ3v) is 2.38. The van der Waals surface area contributed by atoms with Gasteiger partial charge < -0.3 is 4.74 Å². The maximum atomic E-state index is 5.13. The van der Waals surface area contributed by atoms with Crippen LogP contribution in [-0.2, 0) is 4.74 Å². The first-order valence-corrected chi connectivity index (χ1v) is 4.70. The lowest BCUT2D eigenvalue weighted by atomic mass is 9.83. The van der Waals surface area contributed by atoms with Crippen molar-refractivity contribution in [1.29, 1.82) is 0 Å². The molecule has 1 rings (SSSR count). The summed E-state index contributed by atoms with van der Waals surface area (Å²) in [5.74, 6) is 0. The van der Waals surface area contributed by atoms with Gasteiger partial charge in [-0.1, -0.05) is 32.6 Å². The zero-order valence-electron chi connectivity index (χ0n) is 7.57. The highest BCUT2D eigenvalue weighted by Gasteiger charge is 2.32. The number of hydrogen-bond donors (Lipinski definition) is 0. The van der Waals surface area contributed by atoms with Crippen molar-refractivity contribution >= 4 is 0 Å². The average molecular weight is 155 g/mol. The summed E-state index contributed by atoms with van der Waals surface area (Å²) in [5, 5.41) is 0. The molecule has 0 bridgehead atoms. The molecule has 1 aliphatic heterocycles. The largest absolute Gasteiger partial charge is 0.380 e. The van der Waals surface area contributed by atoms with Gasteiger partial charge in [0.25, 0.3) is 0 Å². The van der Waals surface area contributed by atoms with Crippen molar-refractivity contribution in [2.24, 2.45) is 5.41 Å². The van der Waals surface area contributed by atoms with Gasteiger partial charge in [-0.3, -0.25) is 0 Å². The lowest BCUT2D eigenvalue weighted by Gasteiger charge is -2.38. The molecule has 0 spiro atoms. The Morgan fingerprint density at radius 2 is 2.00 bits per heavy atom. The molecule has 1 aliphatic rings. The van der Waals surface area contributed by atoms with Crippen molar-refractivity contribution in [2.45, 2.75) is 39.0 Å². The minimum absolute atomic E-state index is 0.299. The zero-order valence-corrected chi connectivity index (χ0v) is 7.57. The first-order chi connectivity index (χ1) is 5.27. The molecule has 0 atom stereocenters. The molecule has 0 aromatic carbocycles. The van der Waals surface area contributed by atoms with Gasteiger partial charge >= 0.3 is 0 Å². The molecule has 11 heavy (non-hydrogen) atoms. The van der Waals surface area contributed by atoms with E-state index in [1.165, 1.54) is 32.1 Å². The van der Waals surface area contributed by atoms with Crippen LogP contribution < -0.4 is 0 Å². The van der Waals surface area contributed by atoms with E-state index in [9.17, 15) is 0 Å². The van der Waals surface area contributed by atoms with Crippen molar-refractivity contribution in [3.05, 3.63) is 6.92 Å². The molecule has 1 saturated heterocycles. The van der Waals surface area contributed by atoms with Crippen LogP contribution in [0.15, 0.2) is 0 Å². The Morgan fingerprint density at radius 1 is 1.27 bits per heavy atom.